The van der Waals surface area contributed by atoms with Crippen molar-refractivity contribution >= 4 is 17.3 Å². The van der Waals surface area contributed by atoms with Gasteiger partial charge in [0.2, 0.25) is 5.78 Å². The van der Waals surface area contributed by atoms with E-state index < -0.39 is 5.78 Å². The summed E-state index contributed by atoms with van der Waals surface area (Å²) in [5.74, 6) is -0.270. The van der Waals surface area contributed by atoms with E-state index in [4.69, 9.17) is 11.5 Å². The predicted octanol–water partition coefficient (Wildman–Crippen LogP) is 4.10. The van der Waals surface area contributed by atoms with Crippen molar-refractivity contribution in [2.45, 2.75) is 45.6 Å². The van der Waals surface area contributed by atoms with E-state index in [9.17, 15) is 9.59 Å². The van der Waals surface area contributed by atoms with E-state index in [0.29, 0.717) is 22.5 Å². The average Bonchev–Trinajstić information content (AvgIpc) is 2.84. The number of anilines is 1. The number of aromatic amines is 1. The Morgan fingerprint density at radius 3 is 2.65 bits per heavy atom. The van der Waals surface area contributed by atoms with Crippen molar-refractivity contribution in [1.29, 1.82) is 0 Å². The standard InChI is InChI=1S/C26H32N6O2.2H2/c1-4-6-17(5-2)20-11-19(14-31-26(20)34)22-15-30-25(28)24(32-22)23(33)12-21(27)18-9-7-16(8-10-18)13-29-3;;/h7-12,14-15,17,29H,4-6,13,27H2,1-3H3,(H2,28,30)(H,31,34);2*1H. The van der Waals surface area contributed by atoms with E-state index >= 15 is 0 Å². The molecule has 0 aliphatic rings. The third kappa shape index (κ3) is 5.77. The number of ketones is 1. The summed E-state index contributed by atoms with van der Waals surface area (Å²) < 4.78 is 0. The minimum atomic E-state index is -0.439. The minimum Gasteiger partial charge on any atom is -0.398 e. The van der Waals surface area contributed by atoms with Gasteiger partial charge in [-0.3, -0.25) is 9.59 Å². The number of nitrogen functional groups attached to an aromatic ring is 1. The molecule has 1 atom stereocenters. The van der Waals surface area contributed by atoms with Gasteiger partial charge in [-0.15, -0.1) is 0 Å². The lowest BCUT2D eigenvalue weighted by Crippen LogP contribution is -2.16. The Balaban J connectivity index is 0.00000324. The maximum absolute atomic E-state index is 13.0. The summed E-state index contributed by atoms with van der Waals surface area (Å²) in [5.41, 5.74) is 16.0. The smallest absolute Gasteiger partial charge is 0.251 e. The number of nitrogens with two attached hydrogens (primary N) is 2. The topological polar surface area (TPSA) is 140 Å². The van der Waals surface area contributed by atoms with Gasteiger partial charge in [0.1, 0.15) is 0 Å². The lowest BCUT2D eigenvalue weighted by molar-refractivity contribution is 0.104. The number of allylic oxidation sites excluding steroid dienone is 1. The quantitative estimate of drug-likeness (QED) is 0.261. The molecule has 3 aromatic rings. The molecular formula is C26H36N6O2. The van der Waals surface area contributed by atoms with Gasteiger partial charge in [0.05, 0.1) is 11.9 Å². The lowest BCUT2D eigenvalue weighted by Gasteiger charge is -2.14. The largest absolute Gasteiger partial charge is 0.398 e. The predicted molar refractivity (Wildman–Crippen MR) is 140 cm³/mol. The second-order valence-corrected chi connectivity index (χ2v) is 8.25. The number of rotatable bonds is 10. The van der Waals surface area contributed by atoms with Crippen LogP contribution in [0.15, 0.2) is 53.6 Å². The summed E-state index contributed by atoms with van der Waals surface area (Å²) in [6.45, 7) is 4.91. The number of aromatic nitrogens is 3. The Bertz CT molecular complexity index is 1240. The van der Waals surface area contributed by atoms with E-state index in [2.05, 4.69) is 34.1 Å². The molecule has 0 spiro atoms. The molecule has 1 aromatic carbocycles. The second kappa shape index (κ2) is 11.4. The fourth-order valence-electron chi connectivity index (χ4n) is 3.91. The monoisotopic (exact) mass is 464 g/mol. The van der Waals surface area contributed by atoms with Gasteiger partial charge in [-0.2, -0.15) is 0 Å². The van der Waals surface area contributed by atoms with E-state index in [1.54, 1.807) is 6.20 Å². The molecule has 8 heteroatoms. The van der Waals surface area contributed by atoms with E-state index in [-0.39, 0.29) is 25.8 Å². The Morgan fingerprint density at radius 2 is 2.00 bits per heavy atom. The lowest BCUT2D eigenvalue weighted by atomic mass is 9.92. The van der Waals surface area contributed by atoms with Crippen LogP contribution in [0.2, 0.25) is 0 Å². The third-order valence-electron chi connectivity index (χ3n) is 5.79. The molecule has 2 heterocycles. The summed E-state index contributed by atoms with van der Waals surface area (Å²) in [4.78, 5) is 36.8. The molecule has 182 valence electrons. The summed E-state index contributed by atoms with van der Waals surface area (Å²) in [5, 5.41) is 3.08. The zero-order valence-corrected chi connectivity index (χ0v) is 19.9. The first-order valence-corrected chi connectivity index (χ1v) is 11.5. The van der Waals surface area contributed by atoms with Crippen molar-refractivity contribution < 1.29 is 7.65 Å². The van der Waals surface area contributed by atoms with Crippen LogP contribution in [0.3, 0.4) is 0 Å². The minimum absolute atomic E-state index is 0. The van der Waals surface area contributed by atoms with Gasteiger partial charge in [-0.05, 0) is 43.0 Å². The fourth-order valence-corrected chi connectivity index (χ4v) is 3.91. The van der Waals surface area contributed by atoms with Gasteiger partial charge in [0.15, 0.2) is 11.5 Å². The zero-order valence-electron chi connectivity index (χ0n) is 19.9. The van der Waals surface area contributed by atoms with E-state index in [1.807, 2.05) is 37.4 Å². The molecule has 8 nitrogen and oxygen atoms in total. The summed E-state index contributed by atoms with van der Waals surface area (Å²) in [6.07, 6.45) is 7.14. The van der Waals surface area contributed by atoms with Crippen LogP contribution in [0.5, 0.6) is 0 Å². The van der Waals surface area contributed by atoms with Gasteiger partial charge in [0, 0.05) is 38.5 Å². The van der Waals surface area contributed by atoms with Crippen LogP contribution < -0.4 is 22.3 Å². The second-order valence-electron chi connectivity index (χ2n) is 8.25. The first kappa shape index (κ1) is 24.9. The Labute approximate surface area is 202 Å². The highest BCUT2D eigenvalue weighted by Gasteiger charge is 2.17. The Kier molecular flexibility index (Phi) is 8.32. The first-order valence-electron chi connectivity index (χ1n) is 11.5. The molecule has 2 aromatic heterocycles. The molecule has 3 rings (SSSR count). The van der Waals surface area contributed by atoms with Crippen molar-refractivity contribution in [1.82, 2.24) is 20.3 Å². The number of nitrogens with zero attached hydrogens (tertiary/aromatic N) is 2. The normalized spacial score (nSPS) is 12.5. The van der Waals surface area contributed by atoms with Crippen molar-refractivity contribution in [2.24, 2.45) is 5.73 Å². The number of benzene rings is 1. The average molecular weight is 465 g/mol. The SMILES string of the molecule is CCCC(CC)c1cc(-c2cnc(N)c(C(=O)C=C(N)c3ccc(CNC)cc3)n2)c[nH]c1=O.[HH].[HH]. The van der Waals surface area contributed by atoms with Gasteiger partial charge in [-0.25, -0.2) is 9.97 Å². The highest BCUT2D eigenvalue weighted by atomic mass is 16.1. The summed E-state index contributed by atoms with van der Waals surface area (Å²) in [6, 6.07) is 9.44. The molecule has 0 amide bonds. The molecule has 6 N–H and O–H groups in total. The number of nitrogens with one attached hydrogen (secondary N) is 2. The zero-order chi connectivity index (χ0) is 24.7. The third-order valence-corrected chi connectivity index (χ3v) is 5.79. The van der Waals surface area contributed by atoms with Crippen LogP contribution >= 0.6 is 0 Å². The molecule has 34 heavy (non-hydrogen) atoms. The van der Waals surface area contributed by atoms with E-state index in [1.165, 1.54) is 12.3 Å². The van der Waals surface area contributed by atoms with Crippen molar-refractivity contribution in [2.75, 3.05) is 12.8 Å². The van der Waals surface area contributed by atoms with Crippen LogP contribution in [0.25, 0.3) is 17.0 Å². The molecule has 0 saturated heterocycles. The maximum Gasteiger partial charge on any atom is 0.251 e. The molecular weight excluding hydrogens is 428 g/mol. The highest BCUT2D eigenvalue weighted by Crippen LogP contribution is 2.26. The number of H-pyrrole nitrogens is 1. The Morgan fingerprint density at radius 1 is 1.26 bits per heavy atom. The molecule has 0 fully saturated rings. The molecule has 1 unspecified atom stereocenters. The van der Waals surface area contributed by atoms with Crippen LogP contribution in [0.1, 0.15) is 69.1 Å². The van der Waals surface area contributed by atoms with Crippen LogP contribution in [0.4, 0.5) is 5.82 Å². The summed E-state index contributed by atoms with van der Waals surface area (Å²) in [7, 11) is 1.88. The van der Waals surface area contributed by atoms with Gasteiger partial charge < -0.3 is 21.8 Å². The van der Waals surface area contributed by atoms with Crippen LogP contribution in [-0.4, -0.2) is 27.8 Å². The number of pyridine rings is 1. The number of carbonyl (C=O) groups excluding carboxylic acids is 1. The number of hydrogen-bond donors (Lipinski definition) is 4. The molecule has 0 saturated carbocycles. The molecule has 0 aliphatic heterocycles. The van der Waals surface area contributed by atoms with Crippen LogP contribution in [-0.2, 0) is 6.54 Å². The van der Waals surface area contributed by atoms with E-state index in [0.717, 1.165) is 36.9 Å². The van der Waals surface area contributed by atoms with Gasteiger partial charge >= 0.3 is 0 Å². The van der Waals surface area contributed by atoms with Gasteiger partial charge in [-0.1, -0.05) is 44.5 Å². The van der Waals surface area contributed by atoms with Gasteiger partial charge in [0.25, 0.3) is 5.56 Å². The van der Waals surface area contributed by atoms with Crippen molar-refractivity contribution in [3.63, 3.8) is 0 Å². The van der Waals surface area contributed by atoms with Crippen molar-refractivity contribution in [3.05, 3.63) is 81.5 Å². The Hall–Kier alpha value is -3.78. The number of hydrogen-bond acceptors (Lipinski definition) is 7. The fraction of sp³-hybridized carbons (Fsp3) is 0.308. The molecule has 0 aliphatic carbocycles. The summed E-state index contributed by atoms with van der Waals surface area (Å²) >= 11 is 0. The highest BCUT2D eigenvalue weighted by molar-refractivity contribution is 6.09. The van der Waals surface area contributed by atoms with Crippen LogP contribution in [0, 0.1) is 0 Å². The number of carbonyl (C=O) groups is 1. The molecule has 0 radical (unpaired) electrons. The van der Waals surface area contributed by atoms with Crippen molar-refractivity contribution in [3.8, 4) is 11.3 Å². The maximum atomic E-state index is 13.0. The molecule has 0 bridgehead atoms. The first-order chi connectivity index (χ1) is 16.4.